The third-order valence-corrected chi connectivity index (χ3v) is 4.31. The highest BCUT2D eigenvalue weighted by Gasteiger charge is 2.13. The molecule has 0 atom stereocenters. The van der Waals surface area contributed by atoms with Gasteiger partial charge in [-0.2, -0.15) is 0 Å². The summed E-state index contributed by atoms with van der Waals surface area (Å²) in [4.78, 5) is 11.9. The van der Waals surface area contributed by atoms with Gasteiger partial charge in [-0.05, 0) is 61.4 Å². The summed E-state index contributed by atoms with van der Waals surface area (Å²) in [7, 11) is 0. The van der Waals surface area contributed by atoms with E-state index in [9.17, 15) is 9.18 Å². The molecule has 25 heavy (non-hydrogen) atoms. The third-order valence-electron chi connectivity index (χ3n) is 3.52. The predicted molar refractivity (Wildman–Crippen MR) is 92.0 cm³/mol. The Morgan fingerprint density at radius 3 is 2.60 bits per heavy atom. The van der Waals surface area contributed by atoms with Gasteiger partial charge in [-0.25, -0.2) is 4.39 Å². The van der Waals surface area contributed by atoms with Crippen molar-refractivity contribution in [2.45, 2.75) is 19.1 Å². The number of ether oxygens (including phenoxy) is 1. The lowest BCUT2D eigenvalue weighted by Gasteiger charge is -2.05. The van der Waals surface area contributed by atoms with Gasteiger partial charge in [0.2, 0.25) is 5.89 Å². The number of benzene rings is 2. The van der Waals surface area contributed by atoms with Crippen molar-refractivity contribution in [2.24, 2.45) is 0 Å². The first-order chi connectivity index (χ1) is 12.0. The summed E-state index contributed by atoms with van der Waals surface area (Å²) in [5, 5.41) is 8.00. The molecule has 2 aromatic carbocycles. The Morgan fingerprint density at radius 2 is 1.88 bits per heavy atom. The van der Waals surface area contributed by atoms with Crippen LogP contribution < -0.4 is 4.74 Å². The van der Waals surface area contributed by atoms with E-state index in [1.54, 1.807) is 18.2 Å². The van der Waals surface area contributed by atoms with Crippen LogP contribution in [0.4, 0.5) is 4.39 Å². The van der Waals surface area contributed by atoms with Gasteiger partial charge >= 0.3 is 5.97 Å². The summed E-state index contributed by atoms with van der Waals surface area (Å²) in [6.45, 7) is 3.95. The average Bonchev–Trinajstić information content (AvgIpc) is 3.06. The highest BCUT2D eigenvalue weighted by atomic mass is 32.2. The Morgan fingerprint density at radius 1 is 1.12 bits per heavy atom. The minimum Gasteiger partial charge on any atom is -0.426 e. The number of hydrogen-bond acceptors (Lipinski definition) is 6. The van der Waals surface area contributed by atoms with Crippen LogP contribution in [0.3, 0.4) is 0 Å². The fourth-order valence-electron chi connectivity index (χ4n) is 2.04. The molecule has 0 saturated heterocycles. The number of thioether (sulfide) groups is 1. The zero-order valence-electron chi connectivity index (χ0n) is 13.7. The van der Waals surface area contributed by atoms with E-state index in [0.29, 0.717) is 11.3 Å². The highest BCUT2D eigenvalue weighted by molar-refractivity contribution is 7.99. The molecule has 0 N–H and O–H groups in total. The number of rotatable bonds is 5. The summed E-state index contributed by atoms with van der Waals surface area (Å²) >= 11 is 1.08. The van der Waals surface area contributed by atoms with Crippen molar-refractivity contribution in [3.63, 3.8) is 0 Å². The maximum absolute atomic E-state index is 12.9. The second-order valence-corrected chi connectivity index (χ2v) is 6.32. The zero-order valence-corrected chi connectivity index (χ0v) is 14.5. The number of carbonyl (C=O) groups is 1. The van der Waals surface area contributed by atoms with Crippen LogP contribution >= 0.6 is 11.8 Å². The number of halogens is 1. The molecule has 0 fully saturated rings. The van der Waals surface area contributed by atoms with E-state index in [2.05, 4.69) is 10.2 Å². The van der Waals surface area contributed by atoms with Crippen LogP contribution in [0.2, 0.25) is 0 Å². The Hall–Kier alpha value is -2.67. The van der Waals surface area contributed by atoms with Gasteiger partial charge in [-0.1, -0.05) is 17.8 Å². The number of aryl methyl sites for hydroxylation is 2. The molecule has 5 nitrogen and oxygen atoms in total. The van der Waals surface area contributed by atoms with Crippen molar-refractivity contribution < 1.29 is 18.3 Å². The normalized spacial score (nSPS) is 10.7. The monoisotopic (exact) mass is 358 g/mol. The van der Waals surface area contributed by atoms with Gasteiger partial charge in [0, 0.05) is 5.56 Å². The van der Waals surface area contributed by atoms with Crippen LogP contribution in [-0.2, 0) is 4.79 Å². The Bertz CT molecular complexity index is 894. The van der Waals surface area contributed by atoms with Crippen LogP contribution in [0.25, 0.3) is 11.5 Å². The molecule has 3 aromatic rings. The lowest BCUT2D eigenvalue weighted by Crippen LogP contribution is -2.10. The van der Waals surface area contributed by atoms with Crippen molar-refractivity contribution in [2.75, 3.05) is 5.75 Å². The minimum absolute atomic E-state index is 0.0397. The van der Waals surface area contributed by atoms with Crippen LogP contribution in [0.1, 0.15) is 11.1 Å². The molecule has 0 aliphatic heterocycles. The van der Waals surface area contributed by atoms with Crippen molar-refractivity contribution in [3.8, 4) is 17.2 Å². The number of carbonyl (C=O) groups excluding carboxylic acids is 1. The van der Waals surface area contributed by atoms with Crippen LogP contribution in [-0.4, -0.2) is 21.9 Å². The summed E-state index contributed by atoms with van der Waals surface area (Å²) in [6, 6.07) is 11.2. The molecular weight excluding hydrogens is 343 g/mol. The second kappa shape index (κ2) is 7.48. The molecule has 0 unspecified atom stereocenters. The lowest BCUT2D eigenvalue weighted by molar-refractivity contribution is -0.131. The van der Waals surface area contributed by atoms with Gasteiger partial charge in [-0.15, -0.1) is 10.2 Å². The Labute approximate surface area is 148 Å². The largest absolute Gasteiger partial charge is 0.426 e. The van der Waals surface area contributed by atoms with E-state index in [1.807, 2.05) is 26.0 Å². The smallest absolute Gasteiger partial charge is 0.321 e. The van der Waals surface area contributed by atoms with Gasteiger partial charge in [0.05, 0.1) is 0 Å². The molecule has 1 aromatic heterocycles. The first kappa shape index (κ1) is 17.2. The van der Waals surface area contributed by atoms with Crippen LogP contribution in [0.15, 0.2) is 52.1 Å². The van der Waals surface area contributed by atoms with E-state index in [4.69, 9.17) is 9.15 Å². The molecule has 0 radical (unpaired) electrons. The van der Waals surface area contributed by atoms with E-state index in [1.165, 1.54) is 12.1 Å². The number of hydrogen-bond donors (Lipinski definition) is 0. The second-order valence-electron chi connectivity index (χ2n) is 5.39. The zero-order chi connectivity index (χ0) is 17.8. The summed E-state index contributed by atoms with van der Waals surface area (Å²) in [5.41, 5.74) is 2.80. The third kappa shape index (κ3) is 4.45. The van der Waals surface area contributed by atoms with Gasteiger partial charge in [0.15, 0.2) is 0 Å². The van der Waals surface area contributed by atoms with E-state index < -0.39 is 5.97 Å². The highest BCUT2D eigenvalue weighted by Crippen LogP contribution is 2.24. The average molecular weight is 358 g/mol. The number of esters is 1. The molecule has 0 saturated carbocycles. The Balaban J connectivity index is 1.57. The van der Waals surface area contributed by atoms with Crippen molar-refractivity contribution in [1.29, 1.82) is 0 Å². The molecule has 0 aliphatic rings. The molecule has 1 heterocycles. The summed E-state index contributed by atoms with van der Waals surface area (Å²) < 4.78 is 23.7. The molecule has 128 valence electrons. The first-order valence-corrected chi connectivity index (χ1v) is 8.50. The fraction of sp³-hybridized carbons (Fsp3) is 0.167. The number of nitrogens with zero attached hydrogens (tertiary/aromatic N) is 2. The van der Waals surface area contributed by atoms with Gasteiger partial charge < -0.3 is 9.15 Å². The molecule has 0 aliphatic carbocycles. The lowest BCUT2D eigenvalue weighted by atomic mass is 10.1. The van der Waals surface area contributed by atoms with E-state index >= 15 is 0 Å². The standard InChI is InChI=1S/C18H15FN2O3S/c1-11-3-8-15(9-12(11)2)23-16(22)10-25-18-21-20-17(24-18)13-4-6-14(19)7-5-13/h3-9H,10H2,1-2H3. The van der Waals surface area contributed by atoms with Crippen molar-refractivity contribution in [1.82, 2.24) is 10.2 Å². The van der Waals surface area contributed by atoms with Gasteiger partial charge in [-0.3, -0.25) is 4.79 Å². The molecule has 0 amide bonds. The molecular formula is C18H15FN2O3S. The SMILES string of the molecule is Cc1ccc(OC(=O)CSc2nnc(-c3ccc(F)cc3)o2)cc1C. The molecule has 0 spiro atoms. The van der Waals surface area contributed by atoms with Crippen molar-refractivity contribution in [3.05, 3.63) is 59.4 Å². The summed E-state index contributed by atoms with van der Waals surface area (Å²) in [6.07, 6.45) is 0. The molecule has 7 heteroatoms. The van der Waals surface area contributed by atoms with Gasteiger partial charge in [0.25, 0.3) is 5.22 Å². The van der Waals surface area contributed by atoms with Crippen molar-refractivity contribution >= 4 is 17.7 Å². The summed E-state index contributed by atoms with van der Waals surface area (Å²) in [5.74, 6) is 0.0656. The topological polar surface area (TPSA) is 65.2 Å². The predicted octanol–water partition coefficient (Wildman–Crippen LogP) is 4.19. The maximum Gasteiger partial charge on any atom is 0.321 e. The fourth-order valence-corrected chi connectivity index (χ4v) is 2.57. The van der Waals surface area contributed by atoms with E-state index in [0.717, 1.165) is 22.9 Å². The minimum atomic E-state index is -0.408. The van der Waals surface area contributed by atoms with Crippen LogP contribution in [0, 0.1) is 19.7 Å². The van der Waals surface area contributed by atoms with E-state index in [-0.39, 0.29) is 22.7 Å². The van der Waals surface area contributed by atoms with Gasteiger partial charge in [0.1, 0.15) is 17.3 Å². The molecule has 3 rings (SSSR count). The Kier molecular flexibility index (Phi) is 5.14. The number of aromatic nitrogens is 2. The quantitative estimate of drug-likeness (QED) is 0.387. The van der Waals surface area contributed by atoms with Crippen LogP contribution in [0.5, 0.6) is 5.75 Å². The molecule has 0 bridgehead atoms. The first-order valence-electron chi connectivity index (χ1n) is 7.51. The maximum atomic E-state index is 12.9.